The SMILES string of the molecule is COC1=NCCC2(CC1)CC2. The lowest BCUT2D eigenvalue weighted by Gasteiger charge is -2.08. The Morgan fingerprint density at radius 1 is 1.27 bits per heavy atom. The smallest absolute Gasteiger partial charge is 0.182 e. The molecule has 0 radical (unpaired) electrons. The summed E-state index contributed by atoms with van der Waals surface area (Å²) in [4.78, 5) is 4.37. The molecule has 1 fully saturated rings. The van der Waals surface area contributed by atoms with Crippen molar-refractivity contribution in [3.63, 3.8) is 0 Å². The molecule has 2 aliphatic rings. The third-order valence-corrected chi connectivity index (χ3v) is 2.99. The Balaban J connectivity index is 1.95. The maximum Gasteiger partial charge on any atom is 0.182 e. The summed E-state index contributed by atoms with van der Waals surface area (Å²) in [6.07, 6.45) is 6.52. The summed E-state index contributed by atoms with van der Waals surface area (Å²) in [6.45, 7) is 0.989. The van der Waals surface area contributed by atoms with Gasteiger partial charge >= 0.3 is 0 Å². The zero-order chi connectivity index (χ0) is 7.73. The van der Waals surface area contributed by atoms with Crippen LogP contribution >= 0.6 is 0 Å². The van der Waals surface area contributed by atoms with E-state index in [2.05, 4.69) is 4.99 Å². The summed E-state index contributed by atoms with van der Waals surface area (Å²) in [7, 11) is 1.73. The highest BCUT2D eigenvalue weighted by atomic mass is 16.5. The topological polar surface area (TPSA) is 21.6 Å². The largest absolute Gasteiger partial charge is 0.484 e. The van der Waals surface area contributed by atoms with E-state index in [1.807, 2.05) is 0 Å². The van der Waals surface area contributed by atoms with Crippen LogP contribution in [0, 0.1) is 5.41 Å². The van der Waals surface area contributed by atoms with Gasteiger partial charge in [-0.05, 0) is 31.1 Å². The van der Waals surface area contributed by atoms with Crippen molar-refractivity contribution in [2.45, 2.75) is 32.1 Å². The Bertz CT molecular complexity index is 182. The first-order valence-electron chi connectivity index (χ1n) is 4.42. The normalized spacial score (nSPS) is 27.5. The number of aliphatic imine (C=N–C) groups is 1. The minimum Gasteiger partial charge on any atom is -0.484 e. The molecule has 2 nitrogen and oxygen atoms in total. The van der Waals surface area contributed by atoms with Gasteiger partial charge in [-0.2, -0.15) is 0 Å². The first-order chi connectivity index (χ1) is 5.35. The zero-order valence-electron chi connectivity index (χ0n) is 7.10. The molecule has 0 aromatic carbocycles. The fourth-order valence-electron chi connectivity index (χ4n) is 1.84. The summed E-state index contributed by atoms with van der Waals surface area (Å²) in [5, 5.41) is 0. The molecule has 0 unspecified atom stereocenters. The van der Waals surface area contributed by atoms with Gasteiger partial charge in [0.2, 0.25) is 0 Å². The molecule has 1 aliphatic carbocycles. The minimum absolute atomic E-state index is 0.698. The summed E-state index contributed by atoms with van der Waals surface area (Å²) in [5.41, 5.74) is 0.698. The standard InChI is InChI=1S/C9H15NO/c1-11-8-2-3-9(4-5-9)6-7-10-8/h2-7H2,1H3. The lowest BCUT2D eigenvalue weighted by molar-refractivity contribution is 0.381. The Morgan fingerprint density at radius 2 is 2.09 bits per heavy atom. The molecule has 0 N–H and O–H groups in total. The molecule has 1 saturated carbocycles. The van der Waals surface area contributed by atoms with E-state index in [4.69, 9.17) is 4.74 Å². The molecule has 1 heterocycles. The lowest BCUT2D eigenvalue weighted by atomic mass is 9.97. The van der Waals surface area contributed by atoms with E-state index >= 15 is 0 Å². The van der Waals surface area contributed by atoms with Crippen LogP contribution in [0.5, 0.6) is 0 Å². The summed E-state index contributed by atoms with van der Waals surface area (Å²) in [6, 6.07) is 0. The number of rotatable bonds is 0. The van der Waals surface area contributed by atoms with Gasteiger partial charge in [0.1, 0.15) is 0 Å². The highest BCUT2D eigenvalue weighted by molar-refractivity contribution is 5.76. The predicted octanol–water partition coefficient (Wildman–Crippen LogP) is 2.00. The first kappa shape index (κ1) is 7.14. The summed E-state index contributed by atoms with van der Waals surface area (Å²) >= 11 is 0. The van der Waals surface area contributed by atoms with Gasteiger partial charge in [0.05, 0.1) is 7.11 Å². The van der Waals surface area contributed by atoms with Gasteiger partial charge < -0.3 is 4.74 Å². The summed E-state index contributed by atoms with van der Waals surface area (Å²) < 4.78 is 5.14. The van der Waals surface area contributed by atoms with Gasteiger partial charge in [0.15, 0.2) is 5.90 Å². The maximum atomic E-state index is 5.14. The second-order valence-corrected chi connectivity index (χ2v) is 3.73. The molecule has 1 aliphatic heterocycles. The first-order valence-corrected chi connectivity index (χ1v) is 4.42. The molecule has 62 valence electrons. The van der Waals surface area contributed by atoms with Crippen molar-refractivity contribution in [3.05, 3.63) is 0 Å². The van der Waals surface area contributed by atoms with Crippen LogP contribution in [0.3, 0.4) is 0 Å². The zero-order valence-corrected chi connectivity index (χ0v) is 7.10. The van der Waals surface area contributed by atoms with Crippen LogP contribution in [0.1, 0.15) is 32.1 Å². The third kappa shape index (κ3) is 1.39. The van der Waals surface area contributed by atoms with E-state index in [-0.39, 0.29) is 0 Å². The molecule has 0 bridgehead atoms. The van der Waals surface area contributed by atoms with Crippen LogP contribution in [0.2, 0.25) is 0 Å². The molecule has 0 aromatic rings. The van der Waals surface area contributed by atoms with E-state index in [9.17, 15) is 0 Å². The van der Waals surface area contributed by atoms with E-state index in [0.29, 0.717) is 5.41 Å². The monoisotopic (exact) mass is 153 g/mol. The highest BCUT2D eigenvalue weighted by Gasteiger charge is 2.42. The van der Waals surface area contributed by atoms with Crippen LogP contribution in [-0.4, -0.2) is 19.6 Å². The Hall–Kier alpha value is -0.530. The van der Waals surface area contributed by atoms with E-state index in [1.54, 1.807) is 7.11 Å². The van der Waals surface area contributed by atoms with Crippen molar-refractivity contribution < 1.29 is 4.74 Å². The molecular formula is C9H15NO. The molecule has 2 heteroatoms. The highest BCUT2D eigenvalue weighted by Crippen LogP contribution is 2.53. The van der Waals surface area contributed by atoms with Gasteiger partial charge in [-0.1, -0.05) is 0 Å². The van der Waals surface area contributed by atoms with Crippen LogP contribution in [-0.2, 0) is 4.74 Å². The molecule has 0 saturated heterocycles. The quantitative estimate of drug-likeness (QED) is 0.521. The third-order valence-electron chi connectivity index (χ3n) is 2.99. The molecule has 0 aromatic heterocycles. The fourth-order valence-corrected chi connectivity index (χ4v) is 1.84. The number of hydrogen-bond acceptors (Lipinski definition) is 2. The van der Waals surface area contributed by atoms with Crippen LogP contribution in [0.15, 0.2) is 4.99 Å². The summed E-state index contributed by atoms with van der Waals surface area (Å²) in [5.74, 6) is 0.966. The van der Waals surface area contributed by atoms with Crippen LogP contribution in [0.25, 0.3) is 0 Å². The average Bonchev–Trinajstić information content (AvgIpc) is 2.81. The predicted molar refractivity (Wildman–Crippen MR) is 44.8 cm³/mol. The number of nitrogens with zero attached hydrogens (tertiary/aromatic N) is 1. The number of hydrogen-bond donors (Lipinski definition) is 0. The van der Waals surface area contributed by atoms with Gasteiger partial charge in [-0.3, -0.25) is 4.99 Å². The van der Waals surface area contributed by atoms with Crippen LogP contribution in [0.4, 0.5) is 0 Å². The Labute approximate surface area is 67.7 Å². The Kier molecular flexibility index (Phi) is 1.63. The second-order valence-electron chi connectivity index (χ2n) is 3.73. The molecule has 0 amide bonds. The molecule has 0 atom stereocenters. The minimum atomic E-state index is 0.698. The van der Waals surface area contributed by atoms with E-state index in [1.165, 1.54) is 25.7 Å². The Morgan fingerprint density at radius 3 is 2.73 bits per heavy atom. The van der Waals surface area contributed by atoms with E-state index in [0.717, 1.165) is 18.9 Å². The van der Waals surface area contributed by atoms with Gasteiger partial charge in [0.25, 0.3) is 0 Å². The molecule has 1 spiro atoms. The van der Waals surface area contributed by atoms with Gasteiger partial charge in [0, 0.05) is 13.0 Å². The van der Waals surface area contributed by atoms with Crippen molar-refractivity contribution in [3.8, 4) is 0 Å². The van der Waals surface area contributed by atoms with Crippen LogP contribution < -0.4 is 0 Å². The number of methoxy groups -OCH3 is 1. The lowest BCUT2D eigenvalue weighted by Crippen LogP contribution is -2.02. The van der Waals surface area contributed by atoms with Gasteiger partial charge in [-0.25, -0.2) is 0 Å². The van der Waals surface area contributed by atoms with Crippen molar-refractivity contribution in [2.24, 2.45) is 10.4 Å². The van der Waals surface area contributed by atoms with Crippen molar-refractivity contribution in [1.29, 1.82) is 0 Å². The number of ether oxygens (including phenoxy) is 1. The maximum absolute atomic E-state index is 5.14. The fraction of sp³-hybridized carbons (Fsp3) is 0.889. The average molecular weight is 153 g/mol. The van der Waals surface area contributed by atoms with Crippen molar-refractivity contribution in [1.82, 2.24) is 0 Å². The second kappa shape index (κ2) is 2.50. The van der Waals surface area contributed by atoms with Gasteiger partial charge in [-0.15, -0.1) is 0 Å². The molecule has 2 rings (SSSR count). The molecule has 11 heavy (non-hydrogen) atoms. The molecular weight excluding hydrogens is 138 g/mol. The van der Waals surface area contributed by atoms with Crippen molar-refractivity contribution >= 4 is 5.90 Å². The van der Waals surface area contributed by atoms with Crippen molar-refractivity contribution in [2.75, 3.05) is 13.7 Å². The van der Waals surface area contributed by atoms with E-state index < -0.39 is 0 Å².